The Hall–Kier alpha value is -0.410. The molecule has 0 atom stereocenters. The zero-order chi connectivity index (χ0) is 8.10. The summed E-state index contributed by atoms with van der Waals surface area (Å²) in [5, 5.41) is 0. The van der Waals surface area contributed by atoms with Crippen molar-refractivity contribution in [2.24, 2.45) is 0 Å². The molecule has 0 saturated carbocycles. The smallest absolute Gasteiger partial charge is 0.229 e. The van der Waals surface area contributed by atoms with E-state index in [1.165, 1.54) is 0 Å². The van der Waals surface area contributed by atoms with Gasteiger partial charge >= 0.3 is 0 Å². The summed E-state index contributed by atoms with van der Waals surface area (Å²) in [6.07, 6.45) is 1.64. The number of halogens is 1. The van der Waals surface area contributed by atoms with E-state index in [1.807, 2.05) is 7.05 Å². The first kappa shape index (κ1) is 8.68. The first-order chi connectivity index (χ1) is 5.33. The molecule has 0 saturated heterocycles. The molecule has 0 bridgehead atoms. The van der Waals surface area contributed by atoms with E-state index in [0.29, 0.717) is 12.7 Å². The second kappa shape index (κ2) is 4.46. The van der Waals surface area contributed by atoms with E-state index in [9.17, 15) is 0 Å². The molecule has 0 N–H and O–H groups in total. The average Bonchev–Trinajstić information content (AvgIpc) is 2.40. The van der Waals surface area contributed by atoms with Gasteiger partial charge in [-0.2, -0.15) is 0 Å². The Kier molecular flexibility index (Phi) is 3.52. The lowest BCUT2D eigenvalue weighted by molar-refractivity contribution is 0.0744. The summed E-state index contributed by atoms with van der Waals surface area (Å²) in [5.74, 6) is 1.52. The van der Waals surface area contributed by atoms with E-state index in [-0.39, 0.29) is 0 Å². The maximum absolute atomic E-state index is 5.55. The van der Waals surface area contributed by atoms with Crippen molar-refractivity contribution in [3.8, 4) is 0 Å². The molecular weight excluding hydrogens is 166 g/mol. The van der Waals surface area contributed by atoms with Gasteiger partial charge in [0.25, 0.3) is 0 Å². The number of rotatable bonds is 4. The molecule has 1 heterocycles. The van der Waals surface area contributed by atoms with Crippen LogP contribution in [0.4, 0.5) is 0 Å². The van der Waals surface area contributed by atoms with Crippen molar-refractivity contribution in [2.45, 2.75) is 0 Å². The standard InChI is InChI=1S/C7H12ClNO2/c1-9(3-2-8)4-7-5-10-6-11-7/h5H,2-4,6H2,1H3. The van der Waals surface area contributed by atoms with Crippen molar-refractivity contribution in [1.29, 1.82) is 0 Å². The highest BCUT2D eigenvalue weighted by atomic mass is 35.5. The fraction of sp³-hybridized carbons (Fsp3) is 0.714. The topological polar surface area (TPSA) is 21.7 Å². The SMILES string of the molecule is CN(CCCl)CC1=COCO1. The first-order valence-electron chi connectivity index (χ1n) is 3.51. The largest absolute Gasteiger partial charge is 0.462 e. The molecule has 0 radical (unpaired) electrons. The molecule has 0 aromatic heterocycles. The van der Waals surface area contributed by atoms with E-state index in [2.05, 4.69) is 4.90 Å². The van der Waals surface area contributed by atoms with Crippen LogP contribution in [-0.2, 0) is 9.47 Å². The number of hydrogen-bond donors (Lipinski definition) is 0. The van der Waals surface area contributed by atoms with Crippen LogP contribution in [0.5, 0.6) is 0 Å². The van der Waals surface area contributed by atoms with Crippen LogP contribution in [0.25, 0.3) is 0 Å². The van der Waals surface area contributed by atoms with Crippen molar-refractivity contribution in [1.82, 2.24) is 4.90 Å². The highest BCUT2D eigenvalue weighted by molar-refractivity contribution is 6.18. The van der Waals surface area contributed by atoms with Crippen LogP contribution < -0.4 is 0 Å². The molecule has 1 aliphatic rings. The lowest BCUT2D eigenvalue weighted by Gasteiger charge is -2.13. The Morgan fingerprint density at radius 3 is 3.09 bits per heavy atom. The van der Waals surface area contributed by atoms with E-state index in [0.717, 1.165) is 18.8 Å². The normalized spacial score (nSPS) is 16.1. The summed E-state index contributed by atoms with van der Waals surface area (Å²) in [4.78, 5) is 2.08. The molecule has 0 fully saturated rings. The second-order valence-electron chi connectivity index (χ2n) is 2.44. The molecule has 11 heavy (non-hydrogen) atoms. The Labute approximate surface area is 71.5 Å². The predicted molar refractivity (Wildman–Crippen MR) is 43.3 cm³/mol. The number of hydrogen-bond acceptors (Lipinski definition) is 3. The van der Waals surface area contributed by atoms with Gasteiger partial charge in [0, 0.05) is 12.4 Å². The van der Waals surface area contributed by atoms with Crippen molar-refractivity contribution < 1.29 is 9.47 Å². The summed E-state index contributed by atoms with van der Waals surface area (Å²) in [6.45, 7) is 1.99. The van der Waals surface area contributed by atoms with Crippen molar-refractivity contribution in [3.63, 3.8) is 0 Å². The molecule has 0 aromatic carbocycles. The third-order valence-electron chi connectivity index (χ3n) is 1.42. The molecule has 0 unspecified atom stereocenters. The van der Waals surface area contributed by atoms with Crippen LogP contribution in [0.1, 0.15) is 0 Å². The monoisotopic (exact) mass is 177 g/mol. The number of nitrogens with zero attached hydrogens (tertiary/aromatic N) is 1. The molecule has 4 heteroatoms. The number of likely N-dealkylation sites (N-methyl/N-ethyl adjacent to an activating group) is 1. The van der Waals surface area contributed by atoms with E-state index in [1.54, 1.807) is 6.26 Å². The second-order valence-corrected chi connectivity index (χ2v) is 2.82. The van der Waals surface area contributed by atoms with Crippen LogP contribution in [0.15, 0.2) is 12.0 Å². The van der Waals surface area contributed by atoms with Gasteiger partial charge in [-0.15, -0.1) is 11.6 Å². The maximum atomic E-state index is 5.55. The molecule has 0 aliphatic carbocycles. The van der Waals surface area contributed by atoms with Gasteiger partial charge in [0.1, 0.15) is 12.0 Å². The van der Waals surface area contributed by atoms with Crippen LogP contribution in [0, 0.1) is 0 Å². The first-order valence-corrected chi connectivity index (χ1v) is 4.04. The third kappa shape index (κ3) is 2.99. The molecule has 64 valence electrons. The molecular formula is C7H12ClNO2. The Bertz CT molecular complexity index is 149. The summed E-state index contributed by atoms with van der Waals surface area (Å²) in [6, 6.07) is 0. The minimum atomic E-state index is 0.351. The van der Waals surface area contributed by atoms with Gasteiger partial charge in [0.2, 0.25) is 6.79 Å². The van der Waals surface area contributed by atoms with Crippen molar-refractivity contribution >= 4 is 11.6 Å². The van der Waals surface area contributed by atoms with Gasteiger partial charge < -0.3 is 9.47 Å². The zero-order valence-electron chi connectivity index (χ0n) is 6.55. The summed E-state index contributed by atoms with van der Waals surface area (Å²) >= 11 is 5.55. The van der Waals surface area contributed by atoms with E-state index < -0.39 is 0 Å². The average molecular weight is 178 g/mol. The van der Waals surface area contributed by atoms with Gasteiger partial charge in [-0.1, -0.05) is 0 Å². The minimum Gasteiger partial charge on any atom is -0.462 e. The van der Waals surface area contributed by atoms with Crippen LogP contribution >= 0.6 is 11.6 Å². The zero-order valence-corrected chi connectivity index (χ0v) is 7.30. The molecule has 0 spiro atoms. The van der Waals surface area contributed by atoms with Crippen LogP contribution in [0.3, 0.4) is 0 Å². The molecule has 0 aromatic rings. The van der Waals surface area contributed by atoms with E-state index >= 15 is 0 Å². The predicted octanol–water partition coefficient (Wildman–Crippen LogP) is 1.00. The molecule has 0 amide bonds. The van der Waals surface area contributed by atoms with Crippen molar-refractivity contribution in [3.05, 3.63) is 12.0 Å². The fourth-order valence-corrected chi connectivity index (χ4v) is 1.13. The summed E-state index contributed by atoms with van der Waals surface area (Å²) in [5.41, 5.74) is 0. The number of ether oxygens (including phenoxy) is 2. The molecule has 1 rings (SSSR count). The fourth-order valence-electron chi connectivity index (χ4n) is 0.843. The lowest BCUT2D eigenvalue weighted by Crippen LogP contribution is -2.23. The van der Waals surface area contributed by atoms with Gasteiger partial charge in [0.05, 0.1) is 6.54 Å². The van der Waals surface area contributed by atoms with Crippen molar-refractivity contribution in [2.75, 3.05) is 32.8 Å². The van der Waals surface area contributed by atoms with Gasteiger partial charge in [-0.25, -0.2) is 0 Å². The van der Waals surface area contributed by atoms with Gasteiger partial charge in [-0.05, 0) is 7.05 Å². The van der Waals surface area contributed by atoms with E-state index in [4.69, 9.17) is 21.1 Å². The van der Waals surface area contributed by atoms with Crippen LogP contribution in [0.2, 0.25) is 0 Å². The van der Waals surface area contributed by atoms with Crippen LogP contribution in [-0.4, -0.2) is 37.7 Å². The molecule has 1 aliphatic heterocycles. The number of alkyl halides is 1. The lowest BCUT2D eigenvalue weighted by atomic mass is 10.5. The third-order valence-corrected chi connectivity index (χ3v) is 1.59. The highest BCUT2D eigenvalue weighted by Crippen LogP contribution is 2.07. The van der Waals surface area contributed by atoms with Gasteiger partial charge in [-0.3, -0.25) is 4.90 Å². The summed E-state index contributed by atoms with van der Waals surface area (Å²) in [7, 11) is 1.99. The Morgan fingerprint density at radius 1 is 1.73 bits per heavy atom. The quantitative estimate of drug-likeness (QED) is 0.599. The Morgan fingerprint density at radius 2 is 2.55 bits per heavy atom. The molecule has 3 nitrogen and oxygen atoms in total. The van der Waals surface area contributed by atoms with Gasteiger partial charge in [0.15, 0.2) is 0 Å². The minimum absolute atomic E-state index is 0.351. The Balaban J connectivity index is 2.18. The highest BCUT2D eigenvalue weighted by Gasteiger charge is 2.08. The maximum Gasteiger partial charge on any atom is 0.229 e. The summed E-state index contributed by atoms with van der Waals surface area (Å²) < 4.78 is 10.0.